The van der Waals surface area contributed by atoms with Crippen molar-refractivity contribution in [3.63, 3.8) is 0 Å². The summed E-state index contributed by atoms with van der Waals surface area (Å²) in [5.41, 5.74) is 1.10. The number of furan rings is 1. The Bertz CT molecular complexity index is 1150. The van der Waals surface area contributed by atoms with Crippen LogP contribution < -0.4 is 4.74 Å². The molecule has 1 saturated heterocycles. The maximum Gasteiger partial charge on any atom is 0.296 e. The zero-order valence-electron chi connectivity index (χ0n) is 18.2. The van der Waals surface area contributed by atoms with Gasteiger partial charge < -0.3 is 19.2 Å². The molecule has 1 unspecified atom stereocenters. The summed E-state index contributed by atoms with van der Waals surface area (Å²) in [4.78, 5) is 27.5. The average molecular weight is 466 g/mol. The van der Waals surface area contributed by atoms with E-state index in [0.29, 0.717) is 34.3 Å². The molecule has 1 N–H and O–H groups in total. The number of amides is 1. The van der Waals surface area contributed by atoms with Gasteiger partial charge in [-0.15, -0.1) is 0 Å². The minimum Gasteiger partial charge on any atom is -0.507 e. The van der Waals surface area contributed by atoms with Gasteiger partial charge in [-0.1, -0.05) is 37.1 Å². The molecule has 0 spiro atoms. The Morgan fingerprint density at radius 2 is 1.82 bits per heavy atom. The molecule has 1 aromatic heterocycles. The van der Waals surface area contributed by atoms with E-state index in [1.807, 2.05) is 12.1 Å². The van der Waals surface area contributed by atoms with Crippen LogP contribution in [0.15, 0.2) is 76.9 Å². The minimum absolute atomic E-state index is 0.0218. The maximum absolute atomic E-state index is 13.1. The molecule has 1 amide bonds. The number of aliphatic hydroxyl groups is 1. The van der Waals surface area contributed by atoms with E-state index in [9.17, 15) is 14.7 Å². The van der Waals surface area contributed by atoms with Crippen LogP contribution in [0.4, 0.5) is 0 Å². The Morgan fingerprint density at radius 3 is 2.45 bits per heavy atom. The lowest BCUT2D eigenvalue weighted by atomic mass is 9.95. The standard InChI is InChI=1S/C26H24ClNO5/c1-2-3-14-32-20-12-8-17(9-13-20)23-22(24(29)18-6-10-19(27)11-7-18)25(30)26(31)28(23)16-21-5-4-15-33-21/h4-13,15,23,29H,2-3,14,16H2,1H3/b24-22-. The lowest BCUT2D eigenvalue weighted by molar-refractivity contribution is -0.140. The third kappa shape index (κ3) is 4.81. The van der Waals surface area contributed by atoms with Crippen LogP contribution in [0, 0.1) is 0 Å². The monoisotopic (exact) mass is 465 g/mol. The van der Waals surface area contributed by atoms with Gasteiger partial charge >= 0.3 is 0 Å². The molecule has 0 radical (unpaired) electrons. The van der Waals surface area contributed by atoms with Crippen molar-refractivity contribution in [3.8, 4) is 5.75 Å². The molecule has 33 heavy (non-hydrogen) atoms. The van der Waals surface area contributed by atoms with Crippen LogP contribution in [0.3, 0.4) is 0 Å². The van der Waals surface area contributed by atoms with E-state index >= 15 is 0 Å². The van der Waals surface area contributed by atoms with Crippen molar-refractivity contribution in [2.75, 3.05) is 6.61 Å². The number of unbranched alkanes of at least 4 members (excludes halogenated alkanes) is 1. The quantitative estimate of drug-likeness (QED) is 0.199. The zero-order valence-corrected chi connectivity index (χ0v) is 18.9. The number of ether oxygens (including phenoxy) is 1. The molecular weight excluding hydrogens is 442 g/mol. The fourth-order valence-corrected chi connectivity index (χ4v) is 3.93. The van der Waals surface area contributed by atoms with Crippen molar-refractivity contribution < 1.29 is 23.8 Å². The fourth-order valence-electron chi connectivity index (χ4n) is 3.80. The minimum atomic E-state index is -0.782. The van der Waals surface area contributed by atoms with Crippen molar-refractivity contribution in [1.29, 1.82) is 0 Å². The SMILES string of the molecule is CCCCOc1ccc(C2/C(=C(/O)c3ccc(Cl)cc3)C(=O)C(=O)N2Cc2ccco2)cc1. The second-order valence-corrected chi connectivity index (χ2v) is 8.22. The summed E-state index contributed by atoms with van der Waals surface area (Å²) >= 11 is 5.97. The molecule has 170 valence electrons. The Hall–Kier alpha value is -3.51. The van der Waals surface area contributed by atoms with Gasteiger partial charge in [0.25, 0.3) is 11.7 Å². The van der Waals surface area contributed by atoms with Crippen LogP contribution in [-0.4, -0.2) is 28.3 Å². The second kappa shape index (κ2) is 9.96. The number of hydrogen-bond acceptors (Lipinski definition) is 5. The summed E-state index contributed by atoms with van der Waals surface area (Å²) in [6.45, 7) is 2.80. The Kier molecular flexibility index (Phi) is 6.84. The first kappa shape index (κ1) is 22.7. The molecule has 3 aromatic rings. The van der Waals surface area contributed by atoms with E-state index in [2.05, 4.69) is 6.92 Å². The fraction of sp³-hybridized carbons (Fsp3) is 0.231. The molecular formula is C26H24ClNO5. The second-order valence-electron chi connectivity index (χ2n) is 7.78. The lowest BCUT2D eigenvalue weighted by Crippen LogP contribution is -2.29. The van der Waals surface area contributed by atoms with Gasteiger partial charge in [0.1, 0.15) is 17.3 Å². The molecule has 1 fully saturated rings. The summed E-state index contributed by atoms with van der Waals surface area (Å²) in [5, 5.41) is 11.6. The molecule has 0 bridgehead atoms. The third-order valence-corrected chi connectivity index (χ3v) is 5.78. The highest BCUT2D eigenvalue weighted by Crippen LogP contribution is 2.40. The molecule has 1 atom stereocenters. The molecule has 0 saturated carbocycles. The predicted octanol–water partition coefficient (Wildman–Crippen LogP) is 5.73. The van der Waals surface area contributed by atoms with Gasteiger partial charge in [-0.2, -0.15) is 0 Å². The van der Waals surface area contributed by atoms with Crippen molar-refractivity contribution in [2.24, 2.45) is 0 Å². The van der Waals surface area contributed by atoms with E-state index in [1.165, 1.54) is 11.2 Å². The van der Waals surface area contributed by atoms with Gasteiger partial charge in [-0.3, -0.25) is 9.59 Å². The van der Waals surface area contributed by atoms with E-state index < -0.39 is 17.7 Å². The summed E-state index contributed by atoms with van der Waals surface area (Å²) in [7, 11) is 0. The van der Waals surface area contributed by atoms with Crippen LogP contribution >= 0.6 is 11.6 Å². The summed E-state index contributed by atoms with van der Waals surface area (Å²) in [6, 6.07) is 16.4. The maximum atomic E-state index is 13.1. The number of ketones is 1. The largest absolute Gasteiger partial charge is 0.507 e. The van der Waals surface area contributed by atoms with Gasteiger partial charge in [0.05, 0.1) is 31.0 Å². The van der Waals surface area contributed by atoms with E-state index in [0.717, 1.165) is 12.8 Å². The number of carbonyl (C=O) groups excluding carboxylic acids is 2. The number of benzene rings is 2. The first-order valence-corrected chi connectivity index (χ1v) is 11.2. The van der Waals surface area contributed by atoms with Crippen LogP contribution in [0.5, 0.6) is 5.75 Å². The van der Waals surface area contributed by atoms with E-state index in [-0.39, 0.29) is 17.9 Å². The number of carbonyl (C=O) groups is 2. The number of Topliss-reactive ketones (excluding diaryl/α,β-unsaturated/α-hetero) is 1. The number of rotatable bonds is 8. The van der Waals surface area contributed by atoms with Crippen molar-refractivity contribution in [2.45, 2.75) is 32.4 Å². The Labute approximate surface area is 197 Å². The summed E-state index contributed by atoms with van der Waals surface area (Å²) in [5.74, 6) is -0.460. The Balaban J connectivity index is 1.75. The number of nitrogens with zero attached hydrogens (tertiary/aromatic N) is 1. The van der Waals surface area contributed by atoms with Gasteiger partial charge in [0, 0.05) is 10.6 Å². The van der Waals surface area contributed by atoms with Crippen molar-refractivity contribution in [1.82, 2.24) is 4.90 Å². The molecule has 2 aromatic carbocycles. The third-order valence-electron chi connectivity index (χ3n) is 5.53. The smallest absolute Gasteiger partial charge is 0.296 e. The molecule has 6 nitrogen and oxygen atoms in total. The van der Waals surface area contributed by atoms with Crippen LogP contribution in [0.25, 0.3) is 5.76 Å². The first-order valence-electron chi connectivity index (χ1n) is 10.8. The predicted molar refractivity (Wildman–Crippen MR) is 125 cm³/mol. The van der Waals surface area contributed by atoms with Crippen LogP contribution in [0.2, 0.25) is 5.02 Å². The zero-order chi connectivity index (χ0) is 23.4. The van der Waals surface area contributed by atoms with Crippen LogP contribution in [-0.2, 0) is 16.1 Å². The highest BCUT2D eigenvalue weighted by molar-refractivity contribution is 6.46. The molecule has 0 aliphatic carbocycles. The summed E-state index contributed by atoms with van der Waals surface area (Å²) in [6.07, 6.45) is 3.49. The molecule has 1 aliphatic heterocycles. The van der Waals surface area contributed by atoms with Crippen molar-refractivity contribution >= 4 is 29.1 Å². The Morgan fingerprint density at radius 1 is 1.09 bits per heavy atom. The lowest BCUT2D eigenvalue weighted by Gasteiger charge is -2.24. The molecule has 1 aliphatic rings. The van der Waals surface area contributed by atoms with Gasteiger partial charge in [0.2, 0.25) is 0 Å². The molecule has 7 heteroatoms. The number of hydrogen-bond donors (Lipinski definition) is 1. The first-order chi connectivity index (χ1) is 16.0. The highest BCUT2D eigenvalue weighted by atomic mass is 35.5. The normalized spacial score (nSPS) is 17.5. The summed E-state index contributed by atoms with van der Waals surface area (Å²) < 4.78 is 11.1. The topological polar surface area (TPSA) is 80.0 Å². The van der Waals surface area contributed by atoms with Crippen LogP contribution in [0.1, 0.15) is 42.7 Å². The molecule has 2 heterocycles. The highest BCUT2D eigenvalue weighted by Gasteiger charge is 2.46. The number of likely N-dealkylation sites (tertiary alicyclic amines) is 1. The van der Waals surface area contributed by atoms with Gasteiger partial charge in [0.15, 0.2) is 0 Å². The van der Waals surface area contributed by atoms with Crippen molar-refractivity contribution in [3.05, 3.63) is 94.4 Å². The average Bonchev–Trinajstić information content (AvgIpc) is 3.42. The number of aliphatic hydroxyl groups excluding tert-OH is 1. The van der Waals surface area contributed by atoms with Gasteiger partial charge in [-0.25, -0.2) is 0 Å². The number of halogens is 1. The van der Waals surface area contributed by atoms with Gasteiger partial charge in [-0.05, 0) is 60.5 Å². The van der Waals surface area contributed by atoms with E-state index in [1.54, 1.807) is 48.5 Å². The van der Waals surface area contributed by atoms with E-state index in [4.69, 9.17) is 20.8 Å². The molecule has 4 rings (SSSR count).